The first-order valence-electron chi connectivity index (χ1n) is 20.2. The van der Waals surface area contributed by atoms with Crippen molar-refractivity contribution in [3.63, 3.8) is 0 Å². The van der Waals surface area contributed by atoms with Crippen molar-refractivity contribution < 1.29 is 15.1 Å². The third-order valence-electron chi connectivity index (χ3n) is 12.3. The predicted molar refractivity (Wildman–Crippen MR) is 243 cm³/mol. The van der Waals surface area contributed by atoms with Crippen LogP contribution in [0.5, 0.6) is 0 Å². The first kappa shape index (κ1) is 42.9. The second-order valence-corrected chi connectivity index (χ2v) is 23.8. The van der Waals surface area contributed by atoms with Crippen LogP contribution in [-0.4, -0.2) is 26.9 Å². The van der Waals surface area contributed by atoms with Crippen molar-refractivity contribution in [3.05, 3.63) is 111 Å². The molecule has 0 radical (unpaired) electrons. The summed E-state index contributed by atoms with van der Waals surface area (Å²) >= 11 is 8.43. The van der Waals surface area contributed by atoms with E-state index < -0.39 is 0 Å². The second-order valence-electron chi connectivity index (χ2n) is 16.3. The fourth-order valence-corrected chi connectivity index (χ4v) is 16.3. The summed E-state index contributed by atoms with van der Waals surface area (Å²) in [4.78, 5) is 5.61. The zero-order chi connectivity index (χ0) is 38.5. The van der Waals surface area contributed by atoms with Crippen LogP contribution < -0.4 is 9.80 Å². The van der Waals surface area contributed by atoms with Gasteiger partial charge in [-0.15, -0.1) is 0 Å². The van der Waals surface area contributed by atoms with Crippen molar-refractivity contribution in [1.82, 2.24) is 0 Å². The molecule has 54 heavy (non-hydrogen) atoms. The van der Waals surface area contributed by atoms with Crippen molar-refractivity contribution in [3.8, 4) is 0 Å². The van der Waals surface area contributed by atoms with E-state index in [1.807, 2.05) is 0 Å². The molecule has 0 spiro atoms. The molecular formula is C46H59Br2Cl2N2PRu. The topological polar surface area (TPSA) is 6.48 Å². The summed E-state index contributed by atoms with van der Waals surface area (Å²) in [5.41, 5.74) is 17.8. The van der Waals surface area contributed by atoms with Gasteiger partial charge in [0.1, 0.15) is 15.7 Å². The third-order valence-corrected chi connectivity index (χ3v) is 18.8. The zero-order valence-electron chi connectivity index (χ0n) is 33.1. The van der Waals surface area contributed by atoms with Gasteiger partial charge >= 0.3 is 34.5 Å². The van der Waals surface area contributed by atoms with Gasteiger partial charge in [-0.2, -0.15) is 0 Å². The second kappa shape index (κ2) is 19.9. The van der Waals surface area contributed by atoms with Gasteiger partial charge in [0.2, 0.25) is 0 Å². The fourth-order valence-electron chi connectivity index (χ4n) is 10.5. The molecule has 3 aromatic carbocycles. The van der Waals surface area contributed by atoms with E-state index in [0.29, 0.717) is 5.66 Å². The van der Waals surface area contributed by atoms with Gasteiger partial charge in [0.05, 0.1) is 0 Å². The van der Waals surface area contributed by atoms with Crippen LogP contribution in [0.25, 0.3) is 6.08 Å². The molecular weight excluding hydrogens is 943 g/mol. The Balaban J connectivity index is 0.00000160. The van der Waals surface area contributed by atoms with Gasteiger partial charge in [0.15, 0.2) is 0 Å². The van der Waals surface area contributed by atoms with Gasteiger partial charge in [-0.05, 0) is 131 Å². The van der Waals surface area contributed by atoms with E-state index in [1.54, 1.807) is 11.1 Å². The summed E-state index contributed by atoms with van der Waals surface area (Å²) in [5.74, 6) is 1.43. The molecule has 3 unspecified atom stereocenters. The van der Waals surface area contributed by atoms with Gasteiger partial charge in [0, 0.05) is 22.6 Å². The summed E-state index contributed by atoms with van der Waals surface area (Å²) in [6, 6.07) is 20.8. The summed E-state index contributed by atoms with van der Waals surface area (Å²) in [5, 5.41) is 0. The van der Waals surface area contributed by atoms with E-state index in [0.717, 1.165) is 17.7 Å². The summed E-state index contributed by atoms with van der Waals surface area (Å²) in [6.07, 6.45) is 20.7. The molecule has 0 aromatic heterocycles. The number of hydrogen-bond donors (Lipinski definition) is 0. The number of nitrogens with zero attached hydrogens (tertiary/aromatic N) is 2. The SMILES string of the molecule is Cc1cc(C)c(N2C(=C3C(=Cc4ccccc4)CCCC3P(C3CCCCC3)C3CCCCC3)N(c3c(C)cc(C)cc3C)C(Br)C2Br)c(C)c1.[Cl][Ru][Cl]. The molecule has 1 heterocycles. The fraction of sp³-hybridized carbons (Fsp3) is 0.522. The molecule has 3 atom stereocenters. The van der Waals surface area contributed by atoms with Crippen LogP contribution in [0.1, 0.15) is 122 Å². The van der Waals surface area contributed by atoms with E-state index in [2.05, 4.69) is 144 Å². The first-order chi connectivity index (χ1) is 26.0. The number of allylic oxidation sites excluding steroid dienone is 2. The molecule has 0 N–H and O–H groups in total. The molecule has 4 aliphatic rings. The third kappa shape index (κ3) is 9.45. The van der Waals surface area contributed by atoms with E-state index in [1.165, 1.54) is 133 Å². The van der Waals surface area contributed by atoms with E-state index in [-0.39, 0.29) is 33.0 Å². The maximum absolute atomic E-state index is 4.85. The molecule has 3 aromatic rings. The molecule has 7 rings (SSSR count). The monoisotopic (exact) mass is 1000 g/mol. The summed E-state index contributed by atoms with van der Waals surface area (Å²) in [6.45, 7) is 13.8. The van der Waals surface area contributed by atoms with E-state index >= 15 is 0 Å². The molecule has 294 valence electrons. The minimum atomic E-state index is -0.346. The van der Waals surface area contributed by atoms with Crippen LogP contribution in [0.15, 0.2) is 71.6 Å². The molecule has 2 nitrogen and oxygen atoms in total. The number of halogens is 4. The number of rotatable bonds is 6. The van der Waals surface area contributed by atoms with Crippen molar-refractivity contribution >= 4 is 76.6 Å². The van der Waals surface area contributed by atoms with E-state index in [9.17, 15) is 0 Å². The van der Waals surface area contributed by atoms with Crippen LogP contribution in [0.2, 0.25) is 0 Å². The molecule has 0 amide bonds. The molecule has 3 saturated carbocycles. The van der Waals surface area contributed by atoms with E-state index in [4.69, 9.17) is 19.4 Å². The number of hydrogen-bond acceptors (Lipinski definition) is 2. The van der Waals surface area contributed by atoms with Crippen LogP contribution in [0.3, 0.4) is 0 Å². The van der Waals surface area contributed by atoms with Crippen LogP contribution in [0, 0.1) is 41.5 Å². The normalized spacial score (nSPS) is 23.8. The minimum absolute atomic E-state index is 0.0661. The Morgan fingerprint density at radius 3 is 1.48 bits per heavy atom. The van der Waals surface area contributed by atoms with Crippen LogP contribution in [0.4, 0.5) is 11.4 Å². The number of alkyl halides is 2. The maximum atomic E-state index is 4.85. The quantitative estimate of drug-likeness (QED) is 0.105. The Labute approximate surface area is 361 Å². The molecule has 1 aliphatic heterocycles. The van der Waals surface area contributed by atoms with Gasteiger partial charge in [-0.25, -0.2) is 0 Å². The van der Waals surface area contributed by atoms with Gasteiger partial charge in [-0.3, -0.25) is 0 Å². The standard InChI is InChI=1S/C46H59Br2N2P.2ClH.Ru/c1-30-25-32(3)42(33(4)26-30)49-44(47)45(48)50(43-34(5)27-31(2)28-35(43)6)46(49)41-37(29-36-17-10-7-11-18-36)19-16-24-40(41)51(38-20-12-8-13-21-38)39-22-14-9-15-23-39;;;/h7,10-11,17-18,25-29,38-40,44-45H,8-9,12-16,19-24H2,1-6H3;2*1H;/q;;;+2/p-2. The molecule has 8 heteroatoms. The Morgan fingerprint density at radius 1 is 0.630 bits per heavy atom. The molecule has 0 bridgehead atoms. The summed E-state index contributed by atoms with van der Waals surface area (Å²) < 4.78 is 0. The molecule has 1 saturated heterocycles. The first-order valence-corrected chi connectivity index (χ1v) is 28.1. The number of anilines is 2. The molecule has 4 fully saturated rings. The van der Waals surface area contributed by atoms with Crippen molar-refractivity contribution in [2.24, 2.45) is 0 Å². The Hall–Kier alpha value is -0.667. The Kier molecular flexibility index (Phi) is 15.8. The van der Waals surface area contributed by atoms with Crippen LogP contribution >= 0.6 is 59.2 Å². The van der Waals surface area contributed by atoms with Gasteiger partial charge < -0.3 is 9.80 Å². The predicted octanol–water partition coefficient (Wildman–Crippen LogP) is 15.7. The number of benzene rings is 3. The van der Waals surface area contributed by atoms with Gasteiger partial charge in [0.25, 0.3) is 0 Å². The van der Waals surface area contributed by atoms with Crippen molar-refractivity contribution in [1.29, 1.82) is 0 Å². The molecule has 3 aliphatic carbocycles. The Bertz CT molecular complexity index is 1670. The van der Waals surface area contributed by atoms with Crippen molar-refractivity contribution in [2.75, 3.05) is 9.80 Å². The number of aryl methyl sites for hydroxylation is 6. The summed E-state index contributed by atoms with van der Waals surface area (Å²) in [7, 11) is 9.51. The van der Waals surface area contributed by atoms with Crippen LogP contribution in [-0.2, 0) is 15.1 Å². The average Bonchev–Trinajstić information content (AvgIpc) is 3.38. The zero-order valence-corrected chi connectivity index (χ0v) is 40.4. The van der Waals surface area contributed by atoms with Gasteiger partial charge in [-0.1, -0.05) is 150 Å². The average molecular weight is 1000 g/mol. The van der Waals surface area contributed by atoms with Crippen molar-refractivity contribution in [2.45, 2.75) is 152 Å². The Morgan fingerprint density at radius 2 is 1.06 bits per heavy atom.